The highest BCUT2D eigenvalue weighted by Gasteiger charge is 2.20. The first kappa shape index (κ1) is 19.0. The van der Waals surface area contributed by atoms with Crippen molar-refractivity contribution in [3.05, 3.63) is 33.6 Å². The zero-order valence-corrected chi connectivity index (χ0v) is 14.5. The smallest absolute Gasteiger partial charge is 0.143 e. The van der Waals surface area contributed by atoms with Crippen LogP contribution >= 0.6 is 35.6 Å². The van der Waals surface area contributed by atoms with Crippen molar-refractivity contribution in [1.29, 1.82) is 0 Å². The summed E-state index contributed by atoms with van der Waals surface area (Å²) in [6.07, 6.45) is 2.39. The van der Waals surface area contributed by atoms with Gasteiger partial charge in [0.1, 0.15) is 5.82 Å². The van der Waals surface area contributed by atoms with Crippen LogP contribution in [0.15, 0.2) is 12.1 Å². The van der Waals surface area contributed by atoms with Crippen molar-refractivity contribution in [1.82, 2.24) is 10.2 Å². The van der Waals surface area contributed by atoms with Crippen LogP contribution in [-0.2, 0) is 6.54 Å². The first-order valence-corrected chi connectivity index (χ1v) is 7.92. The Morgan fingerprint density at radius 3 is 2.52 bits per heavy atom. The number of hydrogen-bond donors (Lipinski definition) is 1. The molecule has 1 aliphatic rings. The fraction of sp³-hybridized carbons (Fsp3) is 0.600. The molecular formula is C15H22Cl3FN2. The number of nitrogens with one attached hydrogen (secondary N) is 1. The first-order chi connectivity index (χ1) is 9.61. The van der Waals surface area contributed by atoms with Crippen LogP contribution in [0.2, 0.25) is 10.0 Å². The topological polar surface area (TPSA) is 15.3 Å². The predicted octanol–water partition coefficient (Wildman–Crippen LogP) is 4.38. The summed E-state index contributed by atoms with van der Waals surface area (Å²) < 4.78 is 13.3. The van der Waals surface area contributed by atoms with Gasteiger partial charge in [-0.2, -0.15) is 0 Å². The van der Waals surface area contributed by atoms with Crippen molar-refractivity contribution >= 4 is 35.6 Å². The van der Waals surface area contributed by atoms with Gasteiger partial charge in [-0.1, -0.05) is 36.2 Å². The zero-order valence-electron chi connectivity index (χ0n) is 12.2. The molecule has 120 valence electrons. The van der Waals surface area contributed by atoms with E-state index < -0.39 is 5.82 Å². The van der Waals surface area contributed by atoms with Crippen molar-refractivity contribution in [3.63, 3.8) is 0 Å². The molecule has 0 unspecified atom stereocenters. The minimum Gasteiger partial charge on any atom is -0.317 e. The second-order valence-electron chi connectivity index (χ2n) is 5.36. The van der Waals surface area contributed by atoms with Gasteiger partial charge >= 0.3 is 0 Å². The van der Waals surface area contributed by atoms with Gasteiger partial charge in [-0.05, 0) is 56.6 Å². The molecule has 0 aromatic heterocycles. The zero-order chi connectivity index (χ0) is 14.5. The number of rotatable bonds is 5. The molecule has 1 aromatic rings. The Labute approximate surface area is 142 Å². The Bertz CT molecular complexity index is 449. The van der Waals surface area contributed by atoms with Crippen LogP contribution in [0.1, 0.15) is 25.3 Å². The minimum atomic E-state index is -0.454. The largest absolute Gasteiger partial charge is 0.317 e. The highest BCUT2D eigenvalue weighted by atomic mass is 35.5. The summed E-state index contributed by atoms with van der Waals surface area (Å²) in [6.45, 7) is 7.13. The second kappa shape index (κ2) is 9.16. The summed E-state index contributed by atoms with van der Waals surface area (Å²) in [5.41, 5.74) is 0.906. The summed E-state index contributed by atoms with van der Waals surface area (Å²) >= 11 is 12.0. The van der Waals surface area contributed by atoms with E-state index in [2.05, 4.69) is 17.1 Å². The molecule has 1 aliphatic heterocycles. The van der Waals surface area contributed by atoms with Crippen LogP contribution in [0, 0.1) is 11.7 Å². The van der Waals surface area contributed by atoms with Crippen molar-refractivity contribution in [2.75, 3.05) is 26.2 Å². The highest BCUT2D eigenvalue weighted by Crippen LogP contribution is 2.30. The molecule has 0 radical (unpaired) electrons. The number of benzene rings is 1. The third-order valence-electron chi connectivity index (χ3n) is 3.90. The fourth-order valence-electron chi connectivity index (χ4n) is 2.63. The quantitative estimate of drug-likeness (QED) is 0.789. The molecule has 0 amide bonds. The van der Waals surface area contributed by atoms with Crippen molar-refractivity contribution in [2.45, 2.75) is 26.3 Å². The van der Waals surface area contributed by atoms with Crippen LogP contribution in [0.4, 0.5) is 4.39 Å². The number of nitrogens with zero attached hydrogens (tertiary/aromatic N) is 1. The lowest BCUT2D eigenvalue weighted by atomic mass is 9.96. The van der Waals surface area contributed by atoms with E-state index in [1.54, 1.807) is 6.07 Å². The monoisotopic (exact) mass is 354 g/mol. The molecule has 0 saturated carbocycles. The summed E-state index contributed by atoms with van der Waals surface area (Å²) in [5, 5.41) is 3.79. The Kier molecular flexibility index (Phi) is 8.28. The molecule has 6 heteroatoms. The Morgan fingerprint density at radius 2 is 1.90 bits per heavy atom. The molecule has 2 rings (SSSR count). The number of hydrogen-bond acceptors (Lipinski definition) is 2. The SMILES string of the molecule is CCNCC1CCN(Cc2ccc(F)c(Cl)c2Cl)CC1.Cl. The molecular weight excluding hydrogens is 334 g/mol. The molecule has 21 heavy (non-hydrogen) atoms. The van der Waals surface area contributed by atoms with Gasteiger partial charge in [-0.15, -0.1) is 12.4 Å². The molecule has 1 aromatic carbocycles. The Morgan fingerprint density at radius 1 is 1.24 bits per heavy atom. The van der Waals surface area contributed by atoms with Crippen LogP contribution in [0.5, 0.6) is 0 Å². The normalized spacial score (nSPS) is 16.8. The second-order valence-corrected chi connectivity index (χ2v) is 6.12. The van der Waals surface area contributed by atoms with Gasteiger partial charge in [-0.25, -0.2) is 4.39 Å². The highest BCUT2D eigenvalue weighted by molar-refractivity contribution is 6.42. The Hall–Kier alpha value is -0.0600. The molecule has 0 spiro atoms. The van der Waals surface area contributed by atoms with Gasteiger partial charge in [0.15, 0.2) is 0 Å². The predicted molar refractivity (Wildman–Crippen MR) is 90.2 cm³/mol. The average Bonchev–Trinajstić information content (AvgIpc) is 2.47. The van der Waals surface area contributed by atoms with Crippen LogP contribution in [0.25, 0.3) is 0 Å². The van der Waals surface area contributed by atoms with E-state index in [4.69, 9.17) is 23.2 Å². The van der Waals surface area contributed by atoms with E-state index >= 15 is 0 Å². The van der Waals surface area contributed by atoms with Gasteiger partial charge in [0.2, 0.25) is 0 Å². The summed E-state index contributed by atoms with van der Waals surface area (Å²) in [4.78, 5) is 2.36. The van der Waals surface area contributed by atoms with Crippen molar-refractivity contribution in [2.24, 2.45) is 5.92 Å². The van der Waals surface area contributed by atoms with E-state index in [0.717, 1.165) is 44.2 Å². The van der Waals surface area contributed by atoms with Crippen LogP contribution < -0.4 is 5.32 Å². The first-order valence-electron chi connectivity index (χ1n) is 7.17. The molecule has 1 N–H and O–H groups in total. The van der Waals surface area contributed by atoms with Crippen LogP contribution in [-0.4, -0.2) is 31.1 Å². The molecule has 0 atom stereocenters. The van der Waals surface area contributed by atoms with E-state index in [1.807, 2.05) is 0 Å². The van der Waals surface area contributed by atoms with Gasteiger partial charge in [0.25, 0.3) is 0 Å². The summed E-state index contributed by atoms with van der Waals surface area (Å²) in [5.74, 6) is 0.309. The number of likely N-dealkylation sites (tertiary alicyclic amines) is 1. The molecule has 0 aliphatic carbocycles. The summed E-state index contributed by atoms with van der Waals surface area (Å²) in [6, 6.07) is 3.12. The third kappa shape index (κ3) is 5.26. The van der Waals surface area contributed by atoms with Gasteiger partial charge in [0, 0.05) is 6.54 Å². The average molecular weight is 356 g/mol. The van der Waals surface area contributed by atoms with Gasteiger partial charge in [0.05, 0.1) is 10.0 Å². The molecule has 0 bridgehead atoms. The number of halogens is 4. The maximum atomic E-state index is 13.3. The third-order valence-corrected chi connectivity index (χ3v) is 4.80. The molecule has 1 fully saturated rings. The van der Waals surface area contributed by atoms with E-state index in [-0.39, 0.29) is 17.4 Å². The number of piperidine rings is 1. The standard InChI is InChI=1S/C15H21Cl2FN2.ClH/c1-2-19-9-11-5-7-20(8-6-11)10-12-3-4-13(18)15(17)14(12)16;/h3-4,11,19H,2,5-10H2,1H3;1H. The van der Waals surface area contributed by atoms with Crippen molar-refractivity contribution in [3.8, 4) is 0 Å². The van der Waals surface area contributed by atoms with Gasteiger partial charge in [-0.3, -0.25) is 4.90 Å². The van der Waals surface area contributed by atoms with Gasteiger partial charge < -0.3 is 5.32 Å². The lowest BCUT2D eigenvalue weighted by Gasteiger charge is -2.32. The lowest BCUT2D eigenvalue weighted by Crippen LogP contribution is -2.36. The lowest BCUT2D eigenvalue weighted by molar-refractivity contribution is 0.176. The van der Waals surface area contributed by atoms with E-state index in [0.29, 0.717) is 5.02 Å². The molecule has 1 saturated heterocycles. The van der Waals surface area contributed by atoms with Crippen molar-refractivity contribution < 1.29 is 4.39 Å². The summed E-state index contributed by atoms with van der Waals surface area (Å²) in [7, 11) is 0. The fourth-order valence-corrected chi connectivity index (χ4v) is 3.02. The maximum Gasteiger partial charge on any atom is 0.143 e. The molecule has 2 nitrogen and oxygen atoms in total. The van der Waals surface area contributed by atoms with E-state index in [1.165, 1.54) is 18.9 Å². The molecule has 1 heterocycles. The maximum absolute atomic E-state index is 13.3. The Balaban J connectivity index is 0.00000220. The van der Waals surface area contributed by atoms with Crippen LogP contribution in [0.3, 0.4) is 0 Å². The van der Waals surface area contributed by atoms with E-state index in [9.17, 15) is 4.39 Å². The minimum absolute atomic E-state index is 0.